The lowest BCUT2D eigenvalue weighted by atomic mass is 10.3. The van der Waals surface area contributed by atoms with Crippen LogP contribution in [0.4, 0.5) is 5.69 Å². The molecule has 0 heterocycles. The summed E-state index contributed by atoms with van der Waals surface area (Å²) in [6, 6.07) is 6.83. The lowest BCUT2D eigenvalue weighted by Gasteiger charge is -2.10. The van der Waals surface area contributed by atoms with Gasteiger partial charge in [0.25, 0.3) is 0 Å². The highest BCUT2D eigenvalue weighted by Crippen LogP contribution is 2.16. The molecule has 2 N–H and O–H groups in total. The van der Waals surface area contributed by atoms with E-state index in [0.717, 1.165) is 5.75 Å². The fraction of sp³-hybridized carbons (Fsp3) is 0.333. The second-order valence-corrected chi connectivity index (χ2v) is 3.72. The number of benzene rings is 1. The smallest absolute Gasteiger partial charge is 0.313 e. The lowest BCUT2D eigenvalue weighted by Crippen LogP contribution is -2.32. The van der Waals surface area contributed by atoms with E-state index in [9.17, 15) is 9.59 Å². The molecule has 0 fully saturated rings. The van der Waals surface area contributed by atoms with Crippen LogP contribution in [0.3, 0.4) is 0 Å². The van der Waals surface area contributed by atoms with E-state index in [1.807, 2.05) is 13.8 Å². The third-order valence-electron chi connectivity index (χ3n) is 1.92. The van der Waals surface area contributed by atoms with Crippen molar-refractivity contribution < 1.29 is 14.3 Å². The van der Waals surface area contributed by atoms with Gasteiger partial charge in [0.15, 0.2) is 0 Å². The minimum atomic E-state index is -0.690. The van der Waals surface area contributed by atoms with E-state index in [4.69, 9.17) is 4.74 Å². The molecule has 0 radical (unpaired) electrons. The van der Waals surface area contributed by atoms with Gasteiger partial charge >= 0.3 is 11.8 Å². The molecule has 5 heteroatoms. The van der Waals surface area contributed by atoms with Crippen LogP contribution in [0, 0.1) is 0 Å². The first-order valence-corrected chi connectivity index (χ1v) is 5.32. The first kappa shape index (κ1) is 13.0. The Morgan fingerprint density at radius 1 is 1.12 bits per heavy atom. The average Bonchev–Trinajstić information content (AvgIpc) is 2.30. The molecule has 1 aromatic carbocycles. The van der Waals surface area contributed by atoms with E-state index in [2.05, 4.69) is 10.6 Å². The van der Waals surface area contributed by atoms with Crippen molar-refractivity contribution in [3.8, 4) is 5.75 Å². The molecule has 0 bridgehead atoms. The Balaban J connectivity index is 2.62. The molecule has 0 spiro atoms. The highest BCUT2D eigenvalue weighted by atomic mass is 16.5. The van der Waals surface area contributed by atoms with Crippen LogP contribution in [0.2, 0.25) is 0 Å². The predicted molar refractivity (Wildman–Crippen MR) is 64.9 cm³/mol. The third kappa shape index (κ3) is 4.14. The van der Waals surface area contributed by atoms with Crippen molar-refractivity contribution in [1.29, 1.82) is 0 Å². The van der Waals surface area contributed by atoms with Crippen molar-refractivity contribution in [1.82, 2.24) is 5.32 Å². The van der Waals surface area contributed by atoms with Crippen molar-refractivity contribution in [3.63, 3.8) is 0 Å². The first-order chi connectivity index (χ1) is 8.02. The number of anilines is 1. The number of carbonyl (C=O) groups excluding carboxylic acids is 2. The van der Waals surface area contributed by atoms with Crippen molar-refractivity contribution in [2.24, 2.45) is 0 Å². The van der Waals surface area contributed by atoms with Crippen LogP contribution in [-0.4, -0.2) is 25.0 Å². The molecule has 0 aliphatic rings. The molecule has 5 nitrogen and oxygen atoms in total. The Bertz CT molecular complexity index is 399. The summed E-state index contributed by atoms with van der Waals surface area (Å²) in [6.07, 6.45) is 0.0984. The van der Waals surface area contributed by atoms with E-state index in [0.29, 0.717) is 5.69 Å². The zero-order valence-corrected chi connectivity index (χ0v) is 10.1. The zero-order valence-electron chi connectivity index (χ0n) is 10.1. The highest BCUT2D eigenvalue weighted by Gasteiger charge is 2.10. The van der Waals surface area contributed by atoms with Gasteiger partial charge in [0, 0.05) is 12.7 Å². The normalized spacial score (nSPS) is 9.88. The summed E-state index contributed by atoms with van der Waals surface area (Å²) in [5.41, 5.74) is 0.551. The Morgan fingerprint density at radius 3 is 2.18 bits per heavy atom. The van der Waals surface area contributed by atoms with Gasteiger partial charge in [0.2, 0.25) is 0 Å². The SMILES string of the molecule is CNC(=O)C(=O)Nc1ccc(OC(C)C)cc1. The number of nitrogens with one attached hydrogen (secondary N) is 2. The molecule has 2 amide bonds. The van der Waals surface area contributed by atoms with E-state index in [1.165, 1.54) is 7.05 Å². The summed E-state index contributed by atoms with van der Waals surface area (Å²) in [6.45, 7) is 3.86. The lowest BCUT2D eigenvalue weighted by molar-refractivity contribution is -0.135. The fourth-order valence-corrected chi connectivity index (χ4v) is 1.19. The van der Waals surface area contributed by atoms with Gasteiger partial charge in [-0.15, -0.1) is 0 Å². The van der Waals surface area contributed by atoms with Crippen molar-refractivity contribution in [2.45, 2.75) is 20.0 Å². The van der Waals surface area contributed by atoms with Gasteiger partial charge < -0.3 is 15.4 Å². The number of amides is 2. The van der Waals surface area contributed by atoms with Crippen LogP contribution >= 0.6 is 0 Å². The maximum atomic E-state index is 11.3. The molecule has 17 heavy (non-hydrogen) atoms. The summed E-state index contributed by atoms with van der Waals surface area (Å²) in [5, 5.41) is 4.71. The minimum Gasteiger partial charge on any atom is -0.491 e. The molecular formula is C12H16N2O3. The van der Waals surface area contributed by atoms with Crippen molar-refractivity contribution in [2.75, 3.05) is 12.4 Å². The minimum absolute atomic E-state index is 0.0984. The molecule has 0 aliphatic carbocycles. The molecule has 0 aliphatic heterocycles. The van der Waals surface area contributed by atoms with Crippen LogP contribution < -0.4 is 15.4 Å². The number of ether oxygens (including phenoxy) is 1. The Kier molecular flexibility index (Phi) is 4.51. The Hall–Kier alpha value is -2.04. The van der Waals surface area contributed by atoms with Crippen LogP contribution in [-0.2, 0) is 9.59 Å². The van der Waals surface area contributed by atoms with E-state index in [1.54, 1.807) is 24.3 Å². The zero-order chi connectivity index (χ0) is 12.8. The van der Waals surface area contributed by atoms with Gasteiger partial charge in [0.1, 0.15) is 5.75 Å². The maximum Gasteiger partial charge on any atom is 0.313 e. The molecule has 0 atom stereocenters. The summed E-state index contributed by atoms with van der Waals surface area (Å²) in [7, 11) is 1.40. The summed E-state index contributed by atoms with van der Waals surface area (Å²) >= 11 is 0. The monoisotopic (exact) mass is 236 g/mol. The quantitative estimate of drug-likeness (QED) is 0.774. The van der Waals surface area contributed by atoms with E-state index >= 15 is 0 Å². The fourth-order valence-electron chi connectivity index (χ4n) is 1.19. The second-order valence-electron chi connectivity index (χ2n) is 3.72. The molecule has 0 unspecified atom stereocenters. The van der Waals surface area contributed by atoms with Gasteiger partial charge in [-0.05, 0) is 38.1 Å². The highest BCUT2D eigenvalue weighted by molar-refractivity contribution is 6.39. The maximum absolute atomic E-state index is 11.3. The molecule has 92 valence electrons. The number of hydrogen-bond donors (Lipinski definition) is 2. The third-order valence-corrected chi connectivity index (χ3v) is 1.92. The first-order valence-electron chi connectivity index (χ1n) is 5.32. The molecule has 0 aromatic heterocycles. The van der Waals surface area contributed by atoms with Crippen LogP contribution in [0.5, 0.6) is 5.75 Å². The molecule has 1 aromatic rings. The molecule has 0 saturated heterocycles. The predicted octanol–water partition coefficient (Wildman–Crippen LogP) is 1.16. The van der Waals surface area contributed by atoms with Crippen molar-refractivity contribution in [3.05, 3.63) is 24.3 Å². The summed E-state index contributed by atoms with van der Waals surface area (Å²) < 4.78 is 5.45. The molecule has 0 saturated carbocycles. The number of hydrogen-bond acceptors (Lipinski definition) is 3. The molecule has 1 rings (SSSR count). The van der Waals surface area contributed by atoms with Gasteiger partial charge in [-0.1, -0.05) is 0 Å². The topological polar surface area (TPSA) is 67.4 Å². The number of likely N-dealkylation sites (N-methyl/N-ethyl adjacent to an activating group) is 1. The standard InChI is InChI=1S/C12H16N2O3/c1-8(2)17-10-6-4-9(5-7-10)14-12(16)11(15)13-3/h4-8H,1-3H3,(H,13,15)(H,14,16). The van der Waals surface area contributed by atoms with E-state index in [-0.39, 0.29) is 6.10 Å². The van der Waals surface area contributed by atoms with E-state index < -0.39 is 11.8 Å². The molecular weight excluding hydrogens is 220 g/mol. The summed E-state index contributed by atoms with van der Waals surface area (Å²) in [5.74, 6) is -0.643. The second kappa shape index (κ2) is 5.89. The van der Waals surface area contributed by atoms with Gasteiger partial charge in [-0.25, -0.2) is 0 Å². The van der Waals surface area contributed by atoms with Crippen LogP contribution in [0.25, 0.3) is 0 Å². The number of rotatable bonds is 3. The average molecular weight is 236 g/mol. The summed E-state index contributed by atoms with van der Waals surface area (Å²) in [4.78, 5) is 22.2. The largest absolute Gasteiger partial charge is 0.491 e. The Morgan fingerprint density at radius 2 is 1.71 bits per heavy atom. The Labute approximate surface area is 100 Å². The van der Waals surface area contributed by atoms with Crippen molar-refractivity contribution >= 4 is 17.5 Å². The van der Waals surface area contributed by atoms with Crippen LogP contribution in [0.15, 0.2) is 24.3 Å². The van der Waals surface area contributed by atoms with Gasteiger partial charge in [-0.2, -0.15) is 0 Å². The van der Waals surface area contributed by atoms with Crippen LogP contribution in [0.1, 0.15) is 13.8 Å². The van der Waals surface area contributed by atoms with Gasteiger partial charge in [-0.3, -0.25) is 9.59 Å². The van der Waals surface area contributed by atoms with Gasteiger partial charge in [0.05, 0.1) is 6.10 Å². The number of carbonyl (C=O) groups is 2.